The van der Waals surface area contributed by atoms with Gasteiger partial charge in [0, 0.05) is 12.1 Å². The highest BCUT2D eigenvalue weighted by Gasteiger charge is 2.20. The van der Waals surface area contributed by atoms with Crippen molar-refractivity contribution in [2.75, 3.05) is 5.73 Å². The summed E-state index contributed by atoms with van der Waals surface area (Å²) in [6, 6.07) is 11.9. The SMILES string of the molecule is Cc1cc(Cc2cccc(N)c2)c(O)c(C(C)(C)C)c1. The first kappa shape index (κ1) is 14.4. The van der Waals surface area contributed by atoms with E-state index >= 15 is 0 Å². The molecule has 0 aliphatic heterocycles. The fraction of sp³-hybridized carbons (Fsp3) is 0.333. The number of hydrogen-bond donors (Lipinski definition) is 2. The number of phenolic OH excluding ortho intramolecular Hbond substituents is 1. The van der Waals surface area contributed by atoms with E-state index in [9.17, 15) is 5.11 Å². The third-order valence-electron chi connectivity index (χ3n) is 3.49. The summed E-state index contributed by atoms with van der Waals surface area (Å²) in [5.41, 5.74) is 10.7. The predicted octanol–water partition coefficient (Wildman–Crippen LogP) is 4.17. The summed E-state index contributed by atoms with van der Waals surface area (Å²) >= 11 is 0. The molecule has 0 saturated carbocycles. The van der Waals surface area contributed by atoms with E-state index in [1.165, 1.54) is 5.56 Å². The zero-order valence-electron chi connectivity index (χ0n) is 12.7. The normalized spacial score (nSPS) is 11.6. The van der Waals surface area contributed by atoms with Gasteiger partial charge in [-0.2, -0.15) is 0 Å². The minimum Gasteiger partial charge on any atom is -0.507 e. The maximum absolute atomic E-state index is 10.5. The molecule has 0 radical (unpaired) electrons. The molecule has 0 amide bonds. The molecule has 2 aromatic rings. The van der Waals surface area contributed by atoms with Crippen LogP contribution in [0.2, 0.25) is 0 Å². The van der Waals surface area contributed by atoms with Crippen LogP contribution in [0.4, 0.5) is 5.69 Å². The monoisotopic (exact) mass is 269 g/mol. The van der Waals surface area contributed by atoms with Gasteiger partial charge in [0.05, 0.1) is 0 Å². The summed E-state index contributed by atoms with van der Waals surface area (Å²) in [5, 5.41) is 10.5. The van der Waals surface area contributed by atoms with Crippen molar-refractivity contribution in [2.45, 2.75) is 39.5 Å². The van der Waals surface area contributed by atoms with Crippen LogP contribution in [-0.4, -0.2) is 5.11 Å². The van der Waals surface area contributed by atoms with E-state index in [0.717, 1.165) is 22.4 Å². The first-order valence-corrected chi connectivity index (χ1v) is 6.95. The van der Waals surface area contributed by atoms with Crippen molar-refractivity contribution in [2.24, 2.45) is 0 Å². The highest BCUT2D eigenvalue weighted by molar-refractivity contribution is 5.50. The third kappa shape index (κ3) is 3.13. The van der Waals surface area contributed by atoms with Crippen molar-refractivity contribution in [1.29, 1.82) is 0 Å². The first-order valence-electron chi connectivity index (χ1n) is 6.95. The van der Waals surface area contributed by atoms with Gasteiger partial charge in [-0.1, -0.05) is 50.6 Å². The number of hydrogen-bond acceptors (Lipinski definition) is 2. The van der Waals surface area contributed by atoms with Crippen LogP contribution in [0.25, 0.3) is 0 Å². The van der Waals surface area contributed by atoms with Crippen molar-refractivity contribution in [3.63, 3.8) is 0 Å². The molecule has 0 atom stereocenters. The van der Waals surface area contributed by atoms with Crippen LogP contribution in [0.3, 0.4) is 0 Å². The molecule has 20 heavy (non-hydrogen) atoms. The molecular weight excluding hydrogens is 246 g/mol. The summed E-state index contributed by atoms with van der Waals surface area (Å²) in [5.74, 6) is 0.408. The molecule has 2 aromatic carbocycles. The van der Waals surface area contributed by atoms with Crippen LogP contribution in [0.15, 0.2) is 36.4 Å². The fourth-order valence-corrected chi connectivity index (χ4v) is 2.48. The van der Waals surface area contributed by atoms with Gasteiger partial charge in [-0.3, -0.25) is 0 Å². The molecule has 0 heterocycles. The summed E-state index contributed by atoms with van der Waals surface area (Å²) in [4.78, 5) is 0. The van der Waals surface area contributed by atoms with Crippen molar-refractivity contribution >= 4 is 5.69 Å². The zero-order chi connectivity index (χ0) is 14.9. The zero-order valence-corrected chi connectivity index (χ0v) is 12.7. The van der Waals surface area contributed by atoms with Gasteiger partial charge >= 0.3 is 0 Å². The van der Waals surface area contributed by atoms with Crippen molar-refractivity contribution in [3.05, 3.63) is 58.7 Å². The lowest BCUT2D eigenvalue weighted by molar-refractivity contribution is 0.441. The number of aromatic hydroxyl groups is 1. The van der Waals surface area contributed by atoms with Crippen LogP contribution in [0.1, 0.15) is 43.0 Å². The van der Waals surface area contributed by atoms with Gasteiger partial charge in [-0.05, 0) is 41.2 Å². The second-order valence-electron chi connectivity index (χ2n) is 6.49. The van der Waals surface area contributed by atoms with Gasteiger partial charge in [0.15, 0.2) is 0 Å². The Hall–Kier alpha value is -1.96. The van der Waals surface area contributed by atoms with Gasteiger partial charge in [0.25, 0.3) is 0 Å². The van der Waals surface area contributed by atoms with Crippen molar-refractivity contribution in [3.8, 4) is 5.75 Å². The fourth-order valence-electron chi connectivity index (χ4n) is 2.48. The summed E-state index contributed by atoms with van der Waals surface area (Å²) in [7, 11) is 0. The van der Waals surface area contributed by atoms with Crippen molar-refractivity contribution in [1.82, 2.24) is 0 Å². The van der Waals surface area contributed by atoms with Gasteiger partial charge in [-0.25, -0.2) is 0 Å². The lowest BCUT2D eigenvalue weighted by atomic mass is 9.83. The highest BCUT2D eigenvalue weighted by atomic mass is 16.3. The van der Waals surface area contributed by atoms with E-state index < -0.39 is 0 Å². The van der Waals surface area contributed by atoms with Gasteiger partial charge in [-0.15, -0.1) is 0 Å². The summed E-state index contributed by atoms with van der Waals surface area (Å²) < 4.78 is 0. The van der Waals surface area contributed by atoms with Crippen LogP contribution >= 0.6 is 0 Å². The van der Waals surface area contributed by atoms with Crippen LogP contribution in [0.5, 0.6) is 5.75 Å². The van der Waals surface area contributed by atoms with Crippen molar-refractivity contribution < 1.29 is 5.11 Å². The number of aryl methyl sites for hydroxylation is 1. The minimum absolute atomic E-state index is 0.0689. The van der Waals surface area contributed by atoms with Gasteiger partial charge < -0.3 is 10.8 Å². The predicted molar refractivity (Wildman–Crippen MR) is 85.2 cm³/mol. The molecule has 2 nitrogen and oxygen atoms in total. The van der Waals surface area contributed by atoms with Crippen LogP contribution < -0.4 is 5.73 Å². The van der Waals surface area contributed by atoms with Gasteiger partial charge in [0.1, 0.15) is 5.75 Å². The molecule has 2 rings (SSSR count). The Morgan fingerprint density at radius 2 is 1.80 bits per heavy atom. The van der Waals surface area contributed by atoms with E-state index in [1.54, 1.807) is 0 Å². The van der Waals surface area contributed by atoms with E-state index in [1.807, 2.05) is 30.3 Å². The molecule has 0 unspecified atom stereocenters. The molecule has 0 saturated heterocycles. The Labute approximate surface area is 121 Å². The smallest absolute Gasteiger partial charge is 0.122 e. The Balaban J connectivity index is 2.45. The number of nitrogen functional groups attached to an aromatic ring is 1. The standard InChI is InChI=1S/C18H23NO/c1-12-8-14(10-13-6-5-7-15(19)11-13)17(20)16(9-12)18(2,3)4/h5-9,11,20H,10,19H2,1-4H3. The molecule has 106 valence electrons. The molecule has 0 fully saturated rings. The largest absolute Gasteiger partial charge is 0.507 e. The van der Waals surface area contributed by atoms with Crippen LogP contribution in [0, 0.1) is 6.92 Å². The molecule has 3 N–H and O–H groups in total. The van der Waals surface area contributed by atoms with E-state index in [0.29, 0.717) is 12.2 Å². The van der Waals surface area contributed by atoms with E-state index in [2.05, 4.69) is 33.8 Å². The number of benzene rings is 2. The molecule has 0 aromatic heterocycles. The van der Waals surface area contributed by atoms with Crippen LogP contribution in [-0.2, 0) is 11.8 Å². The number of anilines is 1. The first-order chi connectivity index (χ1) is 9.27. The summed E-state index contributed by atoms with van der Waals surface area (Å²) in [6.07, 6.45) is 0.696. The molecule has 0 spiro atoms. The lowest BCUT2D eigenvalue weighted by Gasteiger charge is -2.23. The minimum atomic E-state index is -0.0689. The molecule has 0 aliphatic rings. The quantitative estimate of drug-likeness (QED) is 0.804. The maximum Gasteiger partial charge on any atom is 0.122 e. The average Bonchev–Trinajstić information content (AvgIpc) is 2.32. The lowest BCUT2D eigenvalue weighted by Crippen LogP contribution is -2.12. The third-order valence-corrected chi connectivity index (χ3v) is 3.49. The van der Waals surface area contributed by atoms with Gasteiger partial charge in [0.2, 0.25) is 0 Å². The van der Waals surface area contributed by atoms with E-state index in [4.69, 9.17) is 5.73 Å². The van der Waals surface area contributed by atoms with E-state index in [-0.39, 0.29) is 5.41 Å². The molecular formula is C18H23NO. The molecule has 0 bridgehead atoms. The Morgan fingerprint density at radius 1 is 1.10 bits per heavy atom. The Bertz CT molecular complexity index is 624. The number of nitrogens with two attached hydrogens (primary N) is 1. The molecule has 2 heteroatoms. The average molecular weight is 269 g/mol. The second kappa shape index (κ2) is 5.20. The Morgan fingerprint density at radius 3 is 2.40 bits per heavy atom. The topological polar surface area (TPSA) is 46.2 Å². The number of rotatable bonds is 2. The highest BCUT2D eigenvalue weighted by Crippen LogP contribution is 2.35. The maximum atomic E-state index is 10.5. The number of phenols is 1. The second-order valence-corrected chi connectivity index (χ2v) is 6.49. The Kier molecular flexibility index (Phi) is 3.76. The molecule has 0 aliphatic carbocycles. The summed E-state index contributed by atoms with van der Waals surface area (Å²) in [6.45, 7) is 8.42.